The Balaban J connectivity index is 2.10. The summed E-state index contributed by atoms with van der Waals surface area (Å²) in [5.41, 5.74) is -0.916. The molecule has 1 aliphatic heterocycles. The van der Waals surface area contributed by atoms with Gasteiger partial charge < -0.3 is 5.11 Å². The maximum absolute atomic E-state index is 12.6. The summed E-state index contributed by atoms with van der Waals surface area (Å²) in [7, 11) is 2.60. The maximum atomic E-state index is 12.6. The molecule has 1 aromatic heterocycles. The van der Waals surface area contributed by atoms with Gasteiger partial charge in [-0.25, -0.2) is 9.80 Å². The Bertz CT molecular complexity index is 1150. The molecular formula is C18H19N5O6. The van der Waals surface area contributed by atoms with Crippen LogP contribution in [0.4, 0.5) is 5.69 Å². The topological polar surface area (TPSA) is 140 Å². The summed E-state index contributed by atoms with van der Waals surface area (Å²) in [5, 5.41) is 26.7. The average Bonchev–Trinajstić information content (AvgIpc) is 3.15. The van der Waals surface area contributed by atoms with Crippen LogP contribution in [0.5, 0.6) is 5.88 Å². The number of hydrazone groups is 1. The van der Waals surface area contributed by atoms with Crippen molar-refractivity contribution in [3.05, 3.63) is 66.3 Å². The fraction of sp³-hybridized carbons (Fsp3) is 0.333. The molecule has 3 rings (SSSR count). The lowest BCUT2D eigenvalue weighted by molar-refractivity contribution is -0.384. The molecule has 0 saturated heterocycles. The van der Waals surface area contributed by atoms with Crippen molar-refractivity contribution in [2.24, 2.45) is 19.2 Å². The van der Waals surface area contributed by atoms with Crippen molar-refractivity contribution in [1.29, 1.82) is 0 Å². The molecule has 0 bridgehead atoms. The van der Waals surface area contributed by atoms with Crippen LogP contribution in [-0.2, 0) is 18.9 Å². The number of hydrogen-bond donors (Lipinski definition) is 1. The van der Waals surface area contributed by atoms with Crippen molar-refractivity contribution < 1.29 is 14.8 Å². The van der Waals surface area contributed by atoms with E-state index in [-0.39, 0.29) is 35.7 Å². The minimum Gasteiger partial charge on any atom is -0.494 e. The number of hydrogen-bond acceptors (Lipinski definition) is 7. The number of nitro benzene ring substituents is 1. The van der Waals surface area contributed by atoms with Gasteiger partial charge in [0.05, 0.1) is 16.7 Å². The molecule has 0 unspecified atom stereocenters. The highest BCUT2D eigenvalue weighted by Crippen LogP contribution is 2.34. The summed E-state index contributed by atoms with van der Waals surface area (Å²) >= 11 is 0. The fourth-order valence-electron chi connectivity index (χ4n) is 3.22. The predicted molar refractivity (Wildman–Crippen MR) is 103 cm³/mol. The molecular weight excluding hydrogens is 382 g/mol. The standard InChI is InChI=1S/C18H19N5O6/c1-4-14(24)22-13(10-5-7-11(8-6-10)23(28)29)9-12(19-22)15-16(25)20(2)18(27)21(3)17(15)26/h5-8,13,25H,4,9H2,1-3H3/t13-/m1/s1. The molecule has 1 N–H and O–H groups in total. The number of rotatable bonds is 4. The van der Waals surface area contributed by atoms with Crippen molar-refractivity contribution in [1.82, 2.24) is 14.1 Å². The number of non-ortho nitro benzene ring substituents is 1. The lowest BCUT2D eigenvalue weighted by Crippen LogP contribution is -2.39. The summed E-state index contributed by atoms with van der Waals surface area (Å²) in [6.07, 6.45) is 0.252. The van der Waals surface area contributed by atoms with Gasteiger partial charge in [-0.2, -0.15) is 5.10 Å². The van der Waals surface area contributed by atoms with E-state index in [1.165, 1.54) is 43.4 Å². The molecule has 152 valence electrons. The molecule has 11 nitrogen and oxygen atoms in total. The van der Waals surface area contributed by atoms with Gasteiger partial charge in [-0.1, -0.05) is 19.1 Å². The van der Waals surface area contributed by atoms with Crippen LogP contribution in [0.25, 0.3) is 0 Å². The average molecular weight is 401 g/mol. The second-order valence-corrected chi connectivity index (χ2v) is 6.61. The van der Waals surface area contributed by atoms with E-state index in [2.05, 4.69) is 5.10 Å². The highest BCUT2D eigenvalue weighted by Gasteiger charge is 2.35. The minimum atomic E-state index is -0.724. The van der Waals surface area contributed by atoms with E-state index in [0.717, 1.165) is 9.13 Å². The number of carbonyl (C=O) groups is 1. The highest BCUT2D eigenvalue weighted by atomic mass is 16.6. The van der Waals surface area contributed by atoms with Gasteiger partial charge in [0, 0.05) is 39.1 Å². The second-order valence-electron chi connectivity index (χ2n) is 6.61. The Morgan fingerprint density at radius 1 is 1.24 bits per heavy atom. The summed E-state index contributed by atoms with van der Waals surface area (Å²) in [6, 6.07) is 5.10. The lowest BCUT2D eigenvalue weighted by Gasteiger charge is -2.21. The first-order valence-electron chi connectivity index (χ1n) is 8.80. The van der Waals surface area contributed by atoms with E-state index in [1.807, 2.05) is 0 Å². The van der Waals surface area contributed by atoms with Crippen LogP contribution in [0.2, 0.25) is 0 Å². The Morgan fingerprint density at radius 3 is 2.41 bits per heavy atom. The van der Waals surface area contributed by atoms with Crippen LogP contribution in [0.3, 0.4) is 0 Å². The summed E-state index contributed by atoms with van der Waals surface area (Å²) < 4.78 is 1.77. The molecule has 11 heteroatoms. The third-order valence-electron chi connectivity index (χ3n) is 4.88. The van der Waals surface area contributed by atoms with E-state index in [4.69, 9.17) is 0 Å². The van der Waals surface area contributed by atoms with Gasteiger partial charge in [0.25, 0.3) is 11.2 Å². The number of aromatic nitrogens is 2. The van der Waals surface area contributed by atoms with E-state index in [9.17, 15) is 29.6 Å². The molecule has 1 aliphatic rings. The molecule has 1 amide bonds. The highest BCUT2D eigenvalue weighted by molar-refractivity contribution is 6.04. The number of amides is 1. The van der Waals surface area contributed by atoms with Crippen molar-refractivity contribution in [3.8, 4) is 5.88 Å². The van der Waals surface area contributed by atoms with Crippen molar-refractivity contribution in [2.75, 3.05) is 0 Å². The van der Waals surface area contributed by atoms with Crippen LogP contribution in [-0.4, -0.2) is 35.8 Å². The zero-order valence-corrected chi connectivity index (χ0v) is 16.0. The van der Waals surface area contributed by atoms with Gasteiger partial charge >= 0.3 is 5.69 Å². The molecule has 0 saturated carbocycles. The molecule has 1 atom stereocenters. The molecule has 0 fully saturated rings. The van der Waals surface area contributed by atoms with Crippen LogP contribution >= 0.6 is 0 Å². The van der Waals surface area contributed by atoms with Crippen LogP contribution in [0.1, 0.15) is 36.9 Å². The number of nitro groups is 1. The largest absolute Gasteiger partial charge is 0.494 e. The number of aromatic hydroxyl groups is 1. The first kappa shape index (κ1) is 20.0. The van der Waals surface area contributed by atoms with Gasteiger partial charge in [-0.15, -0.1) is 0 Å². The smallest absolute Gasteiger partial charge is 0.333 e. The third-order valence-corrected chi connectivity index (χ3v) is 4.88. The first-order chi connectivity index (χ1) is 13.7. The molecule has 1 aromatic carbocycles. The summed E-state index contributed by atoms with van der Waals surface area (Å²) in [4.78, 5) is 47.3. The van der Waals surface area contributed by atoms with Crippen molar-refractivity contribution in [2.45, 2.75) is 25.8 Å². The van der Waals surface area contributed by atoms with Gasteiger partial charge in [0.2, 0.25) is 11.8 Å². The second kappa shape index (κ2) is 7.34. The lowest BCUT2D eigenvalue weighted by atomic mass is 9.99. The Kier molecular flexibility index (Phi) is 5.06. The van der Waals surface area contributed by atoms with Gasteiger partial charge in [-0.05, 0) is 5.56 Å². The predicted octanol–water partition coefficient (Wildman–Crippen LogP) is 0.785. The Hall–Kier alpha value is -3.76. The normalized spacial score (nSPS) is 16.0. The first-order valence-corrected chi connectivity index (χ1v) is 8.80. The zero-order valence-electron chi connectivity index (χ0n) is 16.0. The minimum absolute atomic E-state index is 0.0918. The van der Waals surface area contributed by atoms with Crippen molar-refractivity contribution >= 4 is 17.3 Å². The van der Waals surface area contributed by atoms with E-state index in [0.29, 0.717) is 5.56 Å². The van der Waals surface area contributed by atoms with Gasteiger partial charge in [-0.3, -0.25) is 28.8 Å². The zero-order chi connectivity index (χ0) is 21.5. The van der Waals surface area contributed by atoms with Crippen LogP contribution in [0.15, 0.2) is 39.0 Å². The van der Waals surface area contributed by atoms with Crippen LogP contribution < -0.4 is 11.2 Å². The van der Waals surface area contributed by atoms with E-state index < -0.39 is 28.1 Å². The molecule has 2 heterocycles. The molecule has 29 heavy (non-hydrogen) atoms. The number of carbonyl (C=O) groups excluding carboxylic acids is 1. The van der Waals surface area contributed by atoms with Gasteiger partial charge in [0.15, 0.2) is 0 Å². The maximum Gasteiger partial charge on any atom is 0.333 e. The Labute approximate surface area is 164 Å². The van der Waals surface area contributed by atoms with E-state index in [1.54, 1.807) is 6.92 Å². The molecule has 0 spiro atoms. The van der Waals surface area contributed by atoms with Gasteiger partial charge in [0.1, 0.15) is 5.56 Å². The molecule has 2 aromatic rings. The van der Waals surface area contributed by atoms with Crippen molar-refractivity contribution in [3.63, 3.8) is 0 Å². The summed E-state index contributed by atoms with van der Waals surface area (Å²) in [6.45, 7) is 1.66. The quantitative estimate of drug-likeness (QED) is 0.593. The summed E-state index contributed by atoms with van der Waals surface area (Å²) in [5.74, 6) is -0.852. The number of nitrogens with zero attached hydrogens (tertiary/aromatic N) is 5. The molecule has 0 aliphatic carbocycles. The molecule has 0 radical (unpaired) electrons. The van der Waals surface area contributed by atoms with E-state index >= 15 is 0 Å². The number of benzene rings is 1. The fourth-order valence-corrected chi connectivity index (χ4v) is 3.22. The monoisotopic (exact) mass is 401 g/mol. The van der Waals surface area contributed by atoms with Crippen LogP contribution in [0, 0.1) is 10.1 Å². The Morgan fingerprint density at radius 2 is 1.86 bits per heavy atom. The SMILES string of the molecule is CCC(=O)N1N=C(c2c(O)n(C)c(=O)n(C)c2=O)C[C@@H]1c1ccc([N+](=O)[O-])cc1. The third kappa shape index (κ3) is 3.30.